The minimum Gasteiger partial charge on any atom is -0.497 e. The first-order valence-electron chi connectivity index (χ1n) is 14.7. The second-order valence-corrected chi connectivity index (χ2v) is 10.9. The van der Waals surface area contributed by atoms with Crippen LogP contribution >= 0.6 is 0 Å². The van der Waals surface area contributed by atoms with Gasteiger partial charge in [-0.05, 0) is 79.1 Å². The Morgan fingerprint density at radius 2 is 1.54 bits per heavy atom. The van der Waals surface area contributed by atoms with Crippen LogP contribution in [-0.2, 0) is 13.0 Å². The second kappa shape index (κ2) is 16.1. The van der Waals surface area contributed by atoms with Crippen LogP contribution < -0.4 is 15.4 Å². The van der Waals surface area contributed by atoms with Crippen LogP contribution in [0.4, 0.5) is 19.3 Å². The predicted molar refractivity (Wildman–Crippen MR) is 174 cm³/mol. The number of hydrogen-bond acceptors (Lipinski definition) is 7. The average Bonchev–Trinajstić information content (AvgIpc) is 3.07. The molecule has 2 atom stereocenters. The number of anilines is 1. The summed E-state index contributed by atoms with van der Waals surface area (Å²) in [6.07, 6.45) is -3.19. The van der Waals surface area contributed by atoms with Crippen molar-refractivity contribution < 1.29 is 43.3 Å². The molecule has 4 aromatic carbocycles. The van der Waals surface area contributed by atoms with Gasteiger partial charge in [0.1, 0.15) is 17.4 Å². The number of benzene rings is 4. The summed E-state index contributed by atoms with van der Waals surface area (Å²) in [7, 11) is 1.47. The molecule has 0 aliphatic rings. The average molecular weight is 661 g/mol. The number of oxime groups is 1. The molecule has 0 fully saturated rings. The van der Waals surface area contributed by atoms with E-state index in [-0.39, 0.29) is 41.1 Å². The third-order valence-electron chi connectivity index (χ3n) is 7.40. The van der Waals surface area contributed by atoms with Gasteiger partial charge in [0.25, 0.3) is 11.8 Å². The van der Waals surface area contributed by atoms with Crippen LogP contribution in [0.15, 0.2) is 96.2 Å². The third kappa shape index (κ3) is 9.59. The first-order valence-corrected chi connectivity index (χ1v) is 14.7. The van der Waals surface area contributed by atoms with E-state index in [0.29, 0.717) is 22.9 Å². The van der Waals surface area contributed by atoms with Crippen LogP contribution in [0.25, 0.3) is 0 Å². The predicted octanol–water partition coefficient (Wildman–Crippen LogP) is 5.31. The summed E-state index contributed by atoms with van der Waals surface area (Å²) in [6, 6.07) is 20.8. The van der Waals surface area contributed by atoms with Crippen LogP contribution in [0.5, 0.6) is 5.75 Å². The zero-order chi connectivity index (χ0) is 34.8. The number of carbonyl (C=O) groups is 3. The Morgan fingerprint density at radius 3 is 2.19 bits per heavy atom. The molecule has 0 bridgehead atoms. The Bertz CT molecular complexity index is 1780. The minimum atomic E-state index is -1.55. The highest BCUT2D eigenvalue weighted by atomic mass is 19.1. The van der Waals surface area contributed by atoms with Gasteiger partial charge in [-0.2, -0.15) is 0 Å². The standard InChI is InChI=1S/C35H34F2N4O7/c1-21(40-47)25-15-26(17-29(16-25)38-33(43)24-8-4-3-5-9-24)34(44)39-31(14-23-11-27(36)18-28(37)12-23)32(42)20-41(35(45)46)19-22-7-6-10-30(13-22)48-2/h3-13,15-18,31-32,42,47H,14,19-20H2,1-2H3,(H,38,43)(H,39,44)(H,45,46)/b40-21+/t31-,32+/m0/s1. The highest BCUT2D eigenvalue weighted by Crippen LogP contribution is 2.20. The Morgan fingerprint density at radius 1 is 0.854 bits per heavy atom. The third-order valence-corrected chi connectivity index (χ3v) is 7.40. The molecule has 11 nitrogen and oxygen atoms in total. The van der Waals surface area contributed by atoms with E-state index < -0.39 is 48.2 Å². The number of hydrogen-bond donors (Lipinski definition) is 5. The number of rotatable bonds is 13. The zero-order valence-corrected chi connectivity index (χ0v) is 26.1. The molecule has 0 saturated heterocycles. The minimum absolute atomic E-state index is 0.0204. The van der Waals surface area contributed by atoms with Crippen LogP contribution in [0.1, 0.15) is 44.3 Å². The van der Waals surface area contributed by atoms with Gasteiger partial charge in [-0.15, -0.1) is 0 Å². The van der Waals surface area contributed by atoms with Gasteiger partial charge in [0.05, 0.1) is 31.5 Å². The molecule has 250 valence electrons. The quantitative estimate of drug-likeness (QED) is 0.0738. The van der Waals surface area contributed by atoms with E-state index in [0.717, 1.165) is 17.0 Å². The van der Waals surface area contributed by atoms with Crippen LogP contribution in [0.2, 0.25) is 0 Å². The van der Waals surface area contributed by atoms with E-state index in [9.17, 15) is 38.6 Å². The van der Waals surface area contributed by atoms with Crippen molar-refractivity contribution in [2.24, 2.45) is 5.16 Å². The van der Waals surface area contributed by atoms with Gasteiger partial charge in [-0.3, -0.25) is 9.59 Å². The number of nitrogens with one attached hydrogen (secondary N) is 2. The molecule has 0 radical (unpaired) electrons. The summed E-state index contributed by atoms with van der Waals surface area (Å²) in [5, 5.41) is 39.2. The Labute approximate surface area is 275 Å². The Hall–Kier alpha value is -5.82. The molecule has 48 heavy (non-hydrogen) atoms. The fraction of sp³-hybridized carbons (Fsp3) is 0.200. The number of nitrogens with zero attached hydrogens (tertiary/aromatic N) is 2. The monoisotopic (exact) mass is 660 g/mol. The van der Waals surface area contributed by atoms with Crippen molar-refractivity contribution >= 4 is 29.3 Å². The van der Waals surface area contributed by atoms with Gasteiger partial charge in [-0.1, -0.05) is 35.5 Å². The molecule has 0 spiro atoms. The maximum absolute atomic E-state index is 14.1. The summed E-state index contributed by atoms with van der Waals surface area (Å²) in [4.78, 5) is 39.7. The Balaban J connectivity index is 1.64. The summed E-state index contributed by atoms with van der Waals surface area (Å²) in [6.45, 7) is 0.864. The van der Waals surface area contributed by atoms with Crippen molar-refractivity contribution in [3.05, 3.63) is 130 Å². The number of aliphatic hydroxyl groups is 1. The van der Waals surface area contributed by atoms with Gasteiger partial charge in [-0.25, -0.2) is 13.6 Å². The number of carboxylic acid groups (broad SMARTS) is 1. The lowest BCUT2D eigenvalue weighted by Crippen LogP contribution is -2.50. The van der Waals surface area contributed by atoms with E-state index in [4.69, 9.17) is 4.74 Å². The summed E-state index contributed by atoms with van der Waals surface area (Å²) < 4.78 is 33.4. The van der Waals surface area contributed by atoms with Gasteiger partial charge in [0.15, 0.2) is 0 Å². The Kier molecular flexibility index (Phi) is 11.8. The second-order valence-electron chi connectivity index (χ2n) is 10.9. The SMILES string of the molecule is COc1cccc(CN(C[C@@H](O)[C@H](Cc2cc(F)cc(F)c2)NC(=O)c2cc(NC(=O)c3ccccc3)cc(/C(C)=N/O)c2)C(=O)O)c1. The van der Waals surface area contributed by atoms with Crippen molar-refractivity contribution in [3.8, 4) is 5.75 Å². The zero-order valence-electron chi connectivity index (χ0n) is 26.1. The lowest BCUT2D eigenvalue weighted by Gasteiger charge is -2.29. The normalized spacial score (nSPS) is 12.5. The molecule has 3 amide bonds. The van der Waals surface area contributed by atoms with E-state index >= 15 is 0 Å². The molecular formula is C35H34F2N4O7. The largest absolute Gasteiger partial charge is 0.497 e. The van der Waals surface area contributed by atoms with Gasteiger partial charge < -0.3 is 35.7 Å². The van der Waals surface area contributed by atoms with Crippen LogP contribution in [0, 0.1) is 11.6 Å². The number of methoxy groups -OCH3 is 1. The van der Waals surface area contributed by atoms with Gasteiger partial charge in [0, 0.05) is 35.0 Å². The number of carbonyl (C=O) groups excluding carboxylic acids is 2. The van der Waals surface area contributed by atoms with Crippen LogP contribution in [-0.4, -0.2) is 69.7 Å². The highest BCUT2D eigenvalue weighted by Gasteiger charge is 2.28. The van der Waals surface area contributed by atoms with Crippen molar-refractivity contribution in [2.45, 2.75) is 32.0 Å². The first-order chi connectivity index (χ1) is 22.9. The molecule has 5 N–H and O–H groups in total. The topological polar surface area (TPSA) is 161 Å². The highest BCUT2D eigenvalue weighted by molar-refractivity contribution is 6.07. The summed E-state index contributed by atoms with van der Waals surface area (Å²) in [5.74, 6) is -2.49. The fourth-order valence-electron chi connectivity index (χ4n) is 4.96. The first kappa shape index (κ1) is 35.0. The van der Waals surface area contributed by atoms with Gasteiger partial charge >= 0.3 is 6.09 Å². The lowest BCUT2D eigenvalue weighted by atomic mass is 9.99. The molecule has 13 heteroatoms. The van der Waals surface area contributed by atoms with Crippen LogP contribution in [0.3, 0.4) is 0 Å². The maximum atomic E-state index is 14.1. The number of aliphatic hydroxyl groups excluding tert-OH is 1. The molecular weight excluding hydrogens is 626 g/mol. The maximum Gasteiger partial charge on any atom is 0.407 e. The lowest BCUT2D eigenvalue weighted by molar-refractivity contribution is 0.0640. The van der Waals surface area contributed by atoms with E-state index in [1.165, 1.54) is 32.2 Å². The molecule has 0 heterocycles. The molecule has 0 aromatic heterocycles. The molecule has 0 saturated carbocycles. The number of amides is 3. The number of halogens is 2. The number of ether oxygens (including phenoxy) is 1. The van der Waals surface area contributed by atoms with Gasteiger partial charge in [0.2, 0.25) is 0 Å². The summed E-state index contributed by atoms with van der Waals surface area (Å²) >= 11 is 0. The smallest absolute Gasteiger partial charge is 0.407 e. The van der Waals surface area contributed by atoms with E-state index in [1.54, 1.807) is 54.6 Å². The molecule has 0 unspecified atom stereocenters. The van der Waals surface area contributed by atoms with Crippen molar-refractivity contribution in [3.63, 3.8) is 0 Å². The molecule has 4 rings (SSSR count). The molecule has 0 aliphatic carbocycles. The molecule has 4 aromatic rings. The van der Waals surface area contributed by atoms with Crippen molar-refractivity contribution in [2.75, 3.05) is 19.0 Å². The van der Waals surface area contributed by atoms with E-state index in [1.807, 2.05) is 0 Å². The fourth-order valence-corrected chi connectivity index (χ4v) is 4.96. The van der Waals surface area contributed by atoms with Crippen molar-refractivity contribution in [1.82, 2.24) is 10.2 Å². The summed E-state index contributed by atoms with van der Waals surface area (Å²) in [5.41, 5.74) is 1.60. The van der Waals surface area contributed by atoms with Crippen molar-refractivity contribution in [1.29, 1.82) is 0 Å². The molecule has 0 aliphatic heterocycles. The van der Waals surface area contributed by atoms with E-state index in [2.05, 4.69) is 15.8 Å².